The molecule has 0 aliphatic heterocycles. The minimum Gasteiger partial charge on any atom is -0.455 e. The summed E-state index contributed by atoms with van der Waals surface area (Å²) in [5.41, 5.74) is 0.358. The van der Waals surface area contributed by atoms with Gasteiger partial charge in [0.25, 0.3) is 5.91 Å². The normalized spacial score (nSPS) is 11.4. The number of carbonyl (C=O) groups is 2. The molecule has 1 amide bonds. The maximum Gasteiger partial charge on any atom is 0.342 e. The Morgan fingerprint density at radius 3 is 2.66 bits per heavy atom. The van der Waals surface area contributed by atoms with E-state index in [1.165, 1.54) is 25.3 Å². The van der Waals surface area contributed by atoms with Crippen LogP contribution in [0.1, 0.15) is 17.3 Å². The van der Waals surface area contributed by atoms with Gasteiger partial charge in [0.15, 0.2) is 6.10 Å². The van der Waals surface area contributed by atoms with Gasteiger partial charge in [-0.1, -0.05) is 23.7 Å². The van der Waals surface area contributed by atoms with Crippen molar-refractivity contribution >= 4 is 29.2 Å². The fourth-order valence-electron chi connectivity index (χ4n) is 2.36. The second-order valence-electron chi connectivity index (χ2n) is 5.95. The zero-order valence-electron chi connectivity index (χ0n) is 15.3. The minimum atomic E-state index is -1.13. The van der Waals surface area contributed by atoms with Crippen molar-refractivity contribution in [2.75, 3.05) is 5.32 Å². The Bertz CT molecular complexity index is 1030. The molecular weight excluding hydrogens is 399 g/mol. The summed E-state index contributed by atoms with van der Waals surface area (Å²) >= 11 is 5.89. The molecule has 1 heterocycles. The predicted molar refractivity (Wildman–Crippen MR) is 106 cm³/mol. The van der Waals surface area contributed by atoms with E-state index >= 15 is 0 Å². The average molecular weight is 415 g/mol. The summed E-state index contributed by atoms with van der Waals surface area (Å²) in [7, 11) is 0. The van der Waals surface area contributed by atoms with Crippen LogP contribution in [0.4, 0.5) is 10.1 Å². The molecule has 2 aromatic carbocycles. The standard InChI is InChI=1S/C21H16ClFN2O4/c1-13(20(26)25-18-9-8-14(23)11-17(18)22)28-21(27)16-6-2-3-7-19(16)29-15-5-4-10-24-12-15/h2-13H,1H3,(H,25,26). The molecule has 0 spiro atoms. The highest BCUT2D eigenvalue weighted by Gasteiger charge is 2.22. The third-order valence-electron chi connectivity index (χ3n) is 3.81. The van der Waals surface area contributed by atoms with Gasteiger partial charge in [0.05, 0.1) is 16.9 Å². The van der Waals surface area contributed by atoms with E-state index in [1.54, 1.807) is 36.5 Å². The Kier molecular flexibility index (Phi) is 6.41. The molecule has 0 fully saturated rings. The van der Waals surface area contributed by atoms with Gasteiger partial charge in [-0.25, -0.2) is 9.18 Å². The average Bonchev–Trinajstić information content (AvgIpc) is 2.71. The lowest BCUT2D eigenvalue weighted by molar-refractivity contribution is -0.123. The van der Waals surface area contributed by atoms with Crippen LogP contribution in [0.15, 0.2) is 67.0 Å². The summed E-state index contributed by atoms with van der Waals surface area (Å²) in [6.07, 6.45) is 1.97. The number of ether oxygens (including phenoxy) is 2. The second-order valence-corrected chi connectivity index (χ2v) is 6.36. The molecule has 0 saturated heterocycles. The number of carbonyl (C=O) groups excluding carboxylic acids is 2. The van der Waals surface area contributed by atoms with Crippen molar-refractivity contribution in [2.45, 2.75) is 13.0 Å². The number of amides is 1. The molecule has 1 atom stereocenters. The number of anilines is 1. The van der Waals surface area contributed by atoms with E-state index < -0.39 is 23.8 Å². The Morgan fingerprint density at radius 2 is 1.93 bits per heavy atom. The molecule has 1 unspecified atom stereocenters. The first-order valence-electron chi connectivity index (χ1n) is 8.58. The summed E-state index contributed by atoms with van der Waals surface area (Å²) in [6, 6.07) is 13.4. The van der Waals surface area contributed by atoms with Crippen LogP contribution in [-0.2, 0) is 9.53 Å². The molecule has 0 saturated carbocycles. The summed E-state index contributed by atoms with van der Waals surface area (Å²) in [6.45, 7) is 1.41. The molecule has 0 aliphatic rings. The van der Waals surface area contributed by atoms with E-state index in [0.29, 0.717) is 5.75 Å². The van der Waals surface area contributed by atoms with Gasteiger partial charge in [0, 0.05) is 6.20 Å². The number of hydrogen-bond acceptors (Lipinski definition) is 5. The van der Waals surface area contributed by atoms with Gasteiger partial charge < -0.3 is 14.8 Å². The smallest absolute Gasteiger partial charge is 0.342 e. The van der Waals surface area contributed by atoms with Crippen molar-refractivity contribution in [3.8, 4) is 11.5 Å². The highest BCUT2D eigenvalue weighted by atomic mass is 35.5. The molecule has 148 valence electrons. The number of aromatic nitrogens is 1. The number of para-hydroxylation sites is 1. The van der Waals surface area contributed by atoms with Crippen molar-refractivity contribution in [2.24, 2.45) is 0 Å². The topological polar surface area (TPSA) is 77.5 Å². The molecule has 1 aromatic heterocycles. The fourth-order valence-corrected chi connectivity index (χ4v) is 2.58. The number of nitrogens with zero attached hydrogens (tertiary/aromatic N) is 1. The van der Waals surface area contributed by atoms with Crippen LogP contribution < -0.4 is 10.1 Å². The van der Waals surface area contributed by atoms with Gasteiger partial charge in [-0.3, -0.25) is 9.78 Å². The summed E-state index contributed by atoms with van der Waals surface area (Å²) in [4.78, 5) is 28.8. The van der Waals surface area contributed by atoms with Crippen LogP contribution in [-0.4, -0.2) is 23.0 Å². The van der Waals surface area contributed by atoms with E-state index in [9.17, 15) is 14.0 Å². The Morgan fingerprint density at radius 1 is 1.14 bits per heavy atom. The number of rotatable bonds is 6. The molecule has 0 radical (unpaired) electrons. The minimum absolute atomic E-state index is 0.0343. The predicted octanol–water partition coefficient (Wildman–Crippen LogP) is 4.85. The Labute approximate surface area is 171 Å². The lowest BCUT2D eigenvalue weighted by Gasteiger charge is -2.15. The number of nitrogens with one attached hydrogen (secondary N) is 1. The molecule has 1 N–H and O–H groups in total. The van der Waals surface area contributed by atoms with Crippen LogP contribution in [0.3, 0.4) is 0 Å². The highest BCUT2D eigenvalue weighted by Crippen LogP contribution is 2.26. The number of pyridine rings is 1. The molecule has 8 heteroatoms. The van der Waals surface area contributed by atoms with Crippen LogP contribution in [0, 0.1) is 5.82 Å². The molecule has 0 bridgehead atoms. The van der Waals surface area contributed by atoms with Gasteiger partial charge >= 0.3 is 5.97 Å². The van der Waals surface area contributed by atoms with Gasteiger partial charge in [0.1, 0.15) is 22.9 Å². The monoisotopic (exact) mass is 414 g/mol. The van der Waals surface area contributed by atoms with Crippen LogP contribution in [0.5, 0.6) is 11.5 Å². The fraction of sp³-hybridized carbons (Fsp3) is 0.0952. The van der Waals surface area contributed by atoms with E-state index in [4.69, 9.17) is 21.1 Å². The first kappa shape index (κ1) is 20.3. The maximum atomic E-state index is 13.1. The maximum absolute atomic E-state index is 13.1. The van der Waals surface area contributed by atoms with E-state index in [2.05, 4.69) is 10.3 Å². The van der Waals surface area contributed by atoms with Crippen molar-refractivity contribution < 1.29 is 23.5 Å². The SMILES string of the molecule is CC(OC(=O)c1ccccc1Oc1cccnc1)C(=O)Nc1ccc(F)cc1Cl. The van der Waals surface area contributed by atoms with Gasteiger partial charge in [0.2, 0.25) is 0 Å². The summed E-state index contributed by atoms with van der Waals surface area (Å²) in [5.74, 6) is -1.17. The first-order chi connectivity index (χ1) is 13.9. The largest absolute Gasteiger partial charge is 0.455 e. The third-order valence-corrected chi connectivity index (χ3v) is 4.12. The number of hydrogen-bond donors (Lipinski definition) is 1. The summed E-state index contributed by atoms with van der Waals surface area (Å²) in [5, 5.41) is 2.53. The molecule has 3 rings (SSSR count). The van der Waals surface area contributed by atoms with Crippen molar-refractivity contribution in [3.63, 3.8) is 0 Å². The van der Waals surface area contributed by atoms with E-state index in [1.807, 2.05) is 0 Å². The Hall–Kier alpha value is -3.45. The first-order valence-corrected chi connectivity index (χ1v) is 8.95. The van der Waals surface area contributed by atoms with Gasteiger partial charge in [-0.15, -0.1) is 0 Å². The van der Waals surface area contributed by atoms with Crippen molar-refractivity contribution in [1.29, 1.82) is 0 Å². The number of halogens is 2. The lowest BCUT2D eigenvalue weighted by atomic mass is 10.2. The number of esters is 1. The highest BCUT2D eigenvalue weighted by molar-refractivity contribution is 6.33. The molecule has 6 nitrogen and oxygen atoms in total. The zero-order chi connectivity index (χ0) is 20.8. The summed E-state index contributed by atoms with van der Waals surface area (Å²) < 4.78 is 24.0. The quantitative estimate of drug-likeness (QED) is 0.583. The molecule has 3 aromatic rings. The molecule has 29 heavy (non-hydrogen) atoms. The van der Waals surface area contributed by atoms with Gasteiger partial charge in [-0.05, 0) is 49.4 Å². The van der Waals surface area contributed by atoms with E-state index in [-0.39, 0.29) is 22.0 Å². The van der Waals surface area contributed by atoms with Crippen LogP contribution in [0.25, 0.3) is 0 Å². The third kappa shape index (κ3) is 5.30. The van der Waals surface area contributed by atoms with Crippen LogP contribution >= 0.6 is 11.6 Å². The molecule has 0 aliphatic carbocycles. The zero-order valence-corrected chi connectivity index (χ0v) is 16.0. The number of benzene rings is 2. The molecular formula is C21H16ClFN2O4. The second kappa shape index (κ2) is 9.16. The van der Waals surface area contributed by atoms with Crippen molar-refractivity contribution in [3.05, 3.63) is 83.4 Å². The lowest BCUT2D eigenvalue weighted by Crippen LogP contribution is -2.30. The van der Waals surface area contributed by atoms with Crippen molar-refractivity contribution in [1.82, 2.24) is 4.98 Å². The van der Waals surface area contributed by atoms with E-state index in [0.717, 1.165) is 12.1 Å². The Balaban J connectivity index is 1.69. The van der Waals surface area contributed by atoms with Crippen LogP contribution in [0.2, 0.25) is 5.02 Å². The van der Waals surface area contributed by atoms with Gasteiger partial charge in [-0.2, -0.15) is 0 Å².